The molecule has 0 radical (unpaired) electrons. The van der Waals surface area contributed by atoms with Crippen LogP contribution in [-0.2, 0) is 11.8 Å². The lowest BCUT2D eigenvalue weighted by atomic mass is 10.1. The molecule has 9 nitrogen and oxygen atoms in total. The summed E-state index contributed by atoms with van der Waals surface area (Å²) in [4.78, 5) is 18.3. The Hall–Kier alpha value is -4.45. The van der Waals surface area contributed by atoms with Gasteiger partial charge in [0, 0.05) is 43.4 Å². The summed E-state index contributed by atoms with van der Waals surface area (Å²) in [6.45, 7) is 6.33. The van der Waals surface area contributed by atoms with Gasteiger partial charge in [0.25, 0.3) is 0 Å². The number of carbonyl (C=O) groups excluding carboxylic acids is 1. The highest BCUT2D eigenvalue weighted by Gasteiger charge is 2.24. The summed E-state index contributed by atoms with van der Waals surface area (Å²) in [5.74, 6) is 0.478. The maximum Gasteiger partial charge on any atom is 0.232 e. The number of imidazole rings is 1. The number of hydrogen-bond donors (Lipinski definition) is 0. The van der Waals surface area contributed by atoms with Crippen molar-refractivity contribution in [3.05, 3.63) is 72.2 Å². The summed E-state index contributed by atoms with van der Waals surface area (Å²) in [7, 11) is 1.72. The smallest absolute Gasteiger partial charge is 0.232 e. The molecule has 164 valence electrons. The van der Waals surface area contributed by atoms with Crippen molar-refractivity contribution < 1.29 is 9.53 Å². The van der Waals surface area contributed by atoms with Gasteiger partial charge in [-0.05, 0) is 30.7 Å². The van der Waals surface area contributed by atoms with Crippen LogP contribution in [0, 0.1) is 11.3 Å². The average molecular weight is 439 g/mol. The summed E-state index contributed by atoms with van der Waals surface area (Å²) in [5.41, 5.74) is 5.28. The Bertz CT molecular complexity index is 1430. The van der Waals surface area contributed by atoms with Crippen molar-refractivity contribution in [3.8, 4) is 23.2 Å². The minimum absolute atomic E-state index is 0.0647. The maximum absolute atomic E-state index is 12.1. The Balaban J connectivity index is 1.41. The Morgan fingerprint density at radius 1 is 1.18 bits per heavy atom. The highest BCUT2D eigenvalue weighted by Crippen LogP contribution is 2.28. The zero-order valence-corrected chi connectivity index (χ0v) is 18.3. The van der Waals surface area contributed by atoms with E-state index in [9.17, 15) is 4.79 Å². The van der Waals surface area contributed by atoms with Crippen molar-refractivity contribution in [1.29, 1.82) is 5.26 Å². The average Bonchev–Trinajstić information content (AvgIpc) is 3.49. The van der Waals surface area contributed by atoms with Crippen LogP contribution in [0.4, 0.5) is 5.69 Å². The first-order valence-electron chi connectivity index (χ1n) is 10.5. The van der Waals surface area contributed by atoms with E-state index in [1.165, 1.54) is 4.68 Å². The van der Waals surface area contributed by atoms with Gasteiger partial charge in [-0.1, -0.05) is 18.7 Å². The number of nitriles is 1. The molecule has 5 rings (SSSR count). The number of aromatic nitrogens is 5. The zero-order valence-electron chi connectivity index (χ0n) is 18.3. The van der Waals surface area contributed by atoms with E-state index in [2.05, 4.69) is 27.8 Å². The molecule has 1 saturated heterocycles. The third-order valence-corrected chi connectivity index (χ3v) is 5.62. The fourth-order valence-electron chi connectivity index (χ4n) is 3.87. The quantitative estimate of drug-likeness (QED) is 0.442. The van der Waals surface area contributed by atoms with Crippen LogP contribution in [0.15, 0.2) is 60.8 Å². The molecule has 0 N–H and O–H groups in total. The van der Waals surface area contributed by atoms with Crippen molar-refractivity contribution >= 4 is 17.2 Å². The predicted molar refractivity (Wildman–Crippen MR) is 121 cm³/mol. The first-order valence-corrected chi connectivity index (χ1v) is 10.5. The number of carbonyl (C=O) groups is 1. The third-order valence-electron chi connectivity index (χ3n) is 5.62. The van der Waals surface area contributed by atoms with Crippen LogP contribution >= 0.6 is 0 Å². The van der Waals surface area contributed by atoms with E-state index >= 15 is 0 Å². The zero-order chi connectivity index (χ0) is 23.1. The summed E-state index contributed by atoms with van der Waals surface area (Å²) in [6, 6.07) is 15.1. The summed E-state index contributed by atoms with van der Waals surface area (Å²) in [6.07, 6.45) is 1.77. The molecule has 0 bridgehead atoms. The summed E-state index contributed by atoms with van der Waals surface area (Å²) < 4.78 is 9.24. The van der Waals surface area contributed by atoms with Gasteiger partial charge in [-0.3, -0.25) is 9.48 Å². The van der Waals surface area contributed by atoms with Crippen molar-refractivity contribution in [2.24, 2.45) is 7.05 Å². The second kappa shape index (κ2) is 7.91. The molecule has 0 saturated carbocycles. The van der Waals surface area contributed by atoms with Gasteiger partial charge < -0.3 is 9.64 Å². The highest BCUT2D eigenvalue weighted by atomic mass is 16.5. The van der Waals surface area contributed by atoms with Crippen LogP contribution in [0.5, 0.6) is 5.88 Å². The lowest BCUT2D eigenvalue weighted by Gasteiger charge is -2.15. The van der Waals surface area contributed by atoms with Crippen LogP contribution in [0.25, 0.3) is 16.9 Å². The highest BCUT2D eigenvalue weighted by molar-refractivity contribution is 5.98. The van der Waals surface area contributed by atoms with Gasteiger partial charge in [-0.25, -0.2) is 9.50 Å². The molecular weight excluding hydrogens is 418 g/mol. The molecule has 1 aliphatic rings. The van der Waals surface area contributed by atoms with Crippen molar-refractivity contribution in [3.63, 3.8) is 0 Å². The number of ether oxygens (including phenoxy) is 1. The van der Waals surface area contributed by atoms with E-state index in [1.54, 1.807) is 34.8 Å². The van der Waals surface area contributed by atoms with Gasteiger partial charge >= 0.3 is 0 Å². The van der Waals surface area contributed by atoms with E-state index in [1.807, 2.05) is 37.3 Å². The number of aryl methyl sites for hydroxylation is 1. The molecule has 4 aromatic rings. The van der Waals surface area contributed by atoms with Gasteiger partial charge in [0.15, 0.2) is 5.65 Å². The molecule has 0 aliphatic carbocycles. The van der Waals surface area contributed by atoms with Crippen LogP contribution in [0.2, 0.25) is 0 Å². The number of benzene rings is 1. The van der Waals surface area contributed by atoms with Crippen LogP contribution in [-0.4, -0.2) is 36.8 Å². The minimum Gasteiger partial charge on any atom is -0.467 e. The molecular formula is C24H21N7O2. The predicted octanol–water partition coefficient (Wildman–Crippen LogP) is 3.43. The van der Waals surface area contributed by atoms with Crippen molar-refractivity contribution in [2.75, 3.05) is 11.4 Å². The first-order chi connectivity index (χ1) is 15.9. The van der Waals surface area contributed by atoms with Crippen molar-refractivity contribution in [1.82, 2.24) is 24.4 Å². The molecule has 1 atom stereocenters. The second-order valence-corrected chi connectivity index (χ2v) is 7.99. The number of nitrogens with zero attached hydrogens (tertiary/aromatic N) is 7. The van der Waals surface area contributed by atoms with Gasteiger partial charge in [0.05, 0.1) is 11.9 Å². The first kappa shape index (κ1) is 20.5. The SMILES string of the molecule is C=C1CC(=O)N(c2ccc(-c3cnc4ccc(OC(C)c5cc(C#N)n(C)n5)nn34)cc2)C1. The Kier molecular flexibility index (Phi) is 4.90. The second-order valence-electron chi connectivity index (χ2n) is 7.99. The standard InChI is InChI=1S/C24H21N7O2/c1-15-10-24(32)30(14-15)18-6-4-17(5-7-18)21-13-26-22-8-9-23(28-31(21)22)33-16(2)20-11-19(12-25)29(3)27-20/h4-9,11,13,16H,1,10,14H2,2-3H3. The van der Waals surface area contributed by atoms with E-state index in [4.69, 9.17) is 10.00 Å². The lowest BCUT2D eigenvalue weighted by Crippen LogP contribution is -2.23. The summed E-state index contributed by atoms with van der Waals surface area (Å²) in [5, 5.41) is 18.1. The molecule has 1 aliphatic heterocycles. The molecule has 4 heterocycles. The van der Waals surface area contributed by atoms with E-state index in [-0.39, 0.29) is 12.0 Å². The van der Waals surface area contributed by atoms with E-state index in [0.717, 1.165) is 22.5 Å². The van der Waals surface area contributed by atoms with Gasteiger partial charge in [-0.2, -0.15) is 10.4 Å². The van der Waals surface area contributed by atoms with Gasteiger partial charge in [0.1, 0.15) is 23.6 Å². The largest absolute Gasteiger partial charge is 0.467 e. The topological polar surface area (TPSA) is 101 Å². The number of fused-ring (bicyclic) bond motifs is 1. The number of rotatable bonds is 5. The molecule has 1 aromatic carbocycles. The third kappa shape index (κ3) is 3.72. The lowest BCUT2D eigenvalue weighted by molar-refractivity contribution is -0.116. The number of anilines is 1. The number of amides is 1. The van der Waals surface area contributed by atoms with Gasteiger partial charge in [-0.15, -0.1) is 5.10 Å². The molecule has 1 amide bonds. The fourth-order valence-corrected chi connectivity index (χ4v) is 3.87. The molecule has 33 heavy (non-hydrogen) atoms. The van der Waals surface area contributed by atoms with Crippen LogP contribution < -0.4 is 9.64 Å². The number of hydrogen-bond acceptors (Lipinski definition) is 6. The van der Waals surface area contributed by atoms with Crippen molar-refractivity contribution in [2.45, 2.75) is 19.4 Å². The van der Waals surface area contributed by atoms with E-state index in [0.29, 0.717) is 35.9 Å². The Labute approximate surface area is 190 Å². The fraction of sp³-hybridized carbons (Fsp3) is 0.208. The molecule has 9 heteroatoms. The molecule has 3 aromatic heterocycles. The van der Waals surface area contributed by atoms with E-state index < -0.39 is 0 Å². The molecule has 1 fully saturated rings. The Morgan fingerprint density at radius 2 is 1.97 bits per heavy atom. The van der Waals surface area contributed by atoms with Gasteiger partial charge in [0.2, 0.25) is 11.8 Å². The van der Waals surface area contributed by atoms with Crippen LogP contribution in [0.1, 0.15) is 30.8 Å². The van der Waals surface area contributed by atoms with Crippen LogP contribution in [0.3, 0.4) is 0 Å². The molecule has 0 spiro atoms. The maximum atomic E-state index is 12.1. The normalized spacial score (nSPS) is 14.6. The summed E-state index contributed by atoms with van der Waals surface area (Å²) >= 11 is 0. The Morgan fingerprint density at radius 3 is 2.64 bits per heavy atom. The monoisotopic (exact) mass is 439 g/mol. The molecule has 1 unspecified atom stereocenters. The minimum atomic E-state index is -0.387.